The fourth-order valence-corrected chi connectivity index (χ4v) is 2.20. The molecular weight excluding hydrogens is 228 g/mol. The second kappa shape index (κ2) is 5.54. The van der Waals surface area contributed by atoms with E-state index in [0.717, 1.165) is 12.3 Å². The van der Waals surface area contributed by atoms with Crippen molar-refractivity contribution in [3.8, 4) is 0 Å². The van der Waals surface area contributed by atoms with Gasteiger partial charge in [-0.3, -0.25) is 9.59 Å². The second-order valence-electron chi connectivity index (χ2n) is 4.44. The molecule has 1 saturated heterocycles. The molecule has 1 fully saturated rings. The van der Waals surface area contributed by atoms with Gasteiger partial charge in [0.05, 0.1) is 12.1 Å². The predicted molar refractivity (Wildman–Crippen MR) is 63.4 cm³/mol. The molecule has 0 aromatic heterocycles. The van der Waals surface area contributed by atoms with Crippen LogP contribution in [-0.2, 0) is 4.79 Å². The van der Waals surface area contributed by atoms with Gasteiger partial charge in [0.25, 0.3) is 5.24 Å². The van der Waals surface area contributed by atoms with E-state index in [1.54, 1.807) is 18.7 Å². The summed E-state index contributed by atoms with van der Waals surface area (Å²) in [6, 6.07) is 0. The Bertz CT molecular complexity index is 281. The molecule has 2 amide bonds. The van der Waals surface area contributed by atoms with Gasteiger partial charge in [-0.15, -0.1) is 0 Å². The number of carbonyl (C=O) groups excluding carboxylic acids is 2. The van der Waals surface area contributed by atoms with E-state index in [1.807, 2.05) is 0 Å². The van der Waals surface area contributed by atoms with E-state index in [2.05, 4.69) is 5.32 Å². The van der Waals surface area contributed by atoms with Gasteiger partial charge in [0.15, 0.2) is 0 Å². The SMILES string of the molecule is CC(C)(CO)NC(=O)CCN1CCSC1=O. The highest BCUT2D eigenvalue weighted by atomic mass is 32.2. The van der Waals surface area contributed by atoms with Crippen molar-refractivity contribution in [1.82, 2.24) is 10.2 Å². The van der Waals surface area contributed by atoms with Crippen LogP contribution in [0.15, 0.2) is 0 Å². The average molecular weight is 246 g/mol. The Morgan fingerprint density at radius 1 is 1.62 bits per heavy atom. The summed E-state index contributed by atoms with van der Waals surface area (Å²) >= 11 is 1.29. The van der Waals surface area contributed by atoms with Gasteiger partial charge in [-0.1, -0.05) is 11.8 Å². The Morgan fingerprint density at radius 3 is 2.81 bits per heavy atom. The Labute approximate surface area is 99.6 Å². The third kappa shape index (κ3) is 4.02. The van der Waals surface area contributed by atoms with Crippen LogP contribution in [0.2, 0.25) is 0 Å². The molecule has 0 radical (unpaired) electrons. The first-order valence-electron chi connectivity index (χ1n) is 5.28. The number of nitrogens with one attached hydrogen (secondary N) is 1. The molecule has 0 aromatic carbocycles. The molecule has 0 unspecified atom stereocenters. The number of thioether (sulfide) groups is 1. The van der Waals surface area contributed by atoms with Crippen LogP contribution in [0.5, 0.6) is 0 Å². The normalized spacial score (nSPS) is 16.7. The summed E-state index contributed by atoms with van der Waals surface area (Å²) in [5.74, 6) is 0.673. The highest BCUT2D eigenvalue weighted by molar-refractivity contribution is 8.13. The van der Waals surface area contributed by atoms with E-state index in [0.29, 0.717) is 6.54 Å². The summed E-state index contributed by atoms with van der Waals surface area (Å²) in [6.45, 7) is 4.58. The van der Waals surface area contributed by atoms with Crippen LogP contribution in [0.4, 0.5) is 4.79 Å². The van der Waals surface area contributed by atoms with Gasteiger partial charge in [0.2, 0.25) is 5.91 Å². The topological polar surface area (TPSA) is 69.6 Å². The zero-order valence-electron chi connectivity index (χ0n) is 9.65. The van der Waals surface area contributed by atoms with Crippen LogP contribution >= 0.6 is 11.8 Å². The van der Waals surface area contributed by atoms with Gasteiger partial charge in [-0.05, 0) is 13.8 Å². The average Bonchev–Trinajstić information content (AvgIpc) is 2.60. The molecule has 2 N–H and O–H groups in total. The van der Waals surface area contributed by atoms with Crippen molar-refractivity contribution < 1.29 is 14.7 Å². The molecule has 16 heavy (non-hydrogen) atoms. The first-order valence-corrected chi connectivity index (χ1v) is 6.27. The fourth-order valence-electron chi connectivity index (χ4n) is 1.34. The highest BCUT2D eigenvalue weighted by Crippen LogP contribution is 2.17. The maximum atomic E-state index is 11.5. The predicted octanol–water partition coefficient (Wildman–Crippen LogP) is 0.432. The summed E-state index contributed by atoms with van der Waals surface area (Å²) in [6.07, 6.45) is 0.287. The van der Waals surface area contributed by atoms with E-state index in [-0.39, 0.29) is 24.2 Å². The van der Waals surface area contributed by atoms with Crippen molar-refractivity contribution >= 4 is 22.9 Å². The van der Waals surface area contributed by atoms with E-state index in [4.69, 9.17) is 5.11 Å². The first kappa shape index (κ1) is 13.3. The molecule has 0 aromatic rings. The molecule has 1 heterocycles. The van der Waals surface area contributed by atoms with Crippen molar-refractivity contribution in [2.75, 3.05) is 25.4 Å². The number of amides is 2. The van der Waals surface area contributed by atoms with Gasteiger partial charge in [0, 0.05) is 25.3 Å². The molecule has 92 valence electrons. The van der Waals surface area contributed by atoms with Crippen molar-refractivity contribution in [1.29, 1.82) is 0 Å². The molecule has 1 rings (SSSR count). The zero-order valence-corrected chi connectivity index (χ0v) is 10.5. The lowest BCUT2D eigenvalue weighted by Crippen LogP contribution is -2.47. The van der Waals surface area contributed by atoms with Crippen LogP contribution in [0, 0.1) is 0 Å². The molecule has 0 aliphatic carbocycles. The van der Waals surface area contributed by atoms with Gasteiger partial charge in [-0.25, -0.2) is 0 Å². The smallest absolute Gasteiger partial charge is 0.281 e. The molecule has 1 aliphatic heterocycles. The van der Waals surface area contributed by atoms with Crippen LogP contribution in [0.3, 0.4) is 0 Å². The molecule has 1 aliphatic rings. The van der Waals surface area contributed by atoms with Crippen molar-refractivity contribution in [3.05, 3.63) is 0 Å². The third-order valence-corrected chi connectivity index (χ3v) is 3.22. The number of hydrogen-bond acceptors (Lipinski definition) is 4. The molecule has 5 nitrogen and oxygen atoms in total. The van der Waals surface area contributed by atoms with Crippen LogP contribution in [0.1, 0.15) is 20.3 Å². The van der Waals surface area contributed by atoms with Gasteiger partial charge in [0.1, 0.15) is 0 Å². The Morgan fingerprint density at radius 2 is 2.31 bits per heavy atom. The van der Waals surface area contributed by atoms with E-state index in [1.165, 1.54) is 11.8 Å². The Kier molecular flexibility index (Phi) is 4.61. The van der Waals surface area contributed by atoms with E-state index >= 15 is 0 Å². The lowest BCUT2D eigenvalue weighted by atomic mass is 10.1. The maximum Gasteiger partial charge on any atom is 0.281 e. The molecule has 0 saturated carbocycles. The lowest BCUT2D eigenvalue weighted by molar-refractivity contribution is -0.123. The number of aliphatic hydroxyl groups excluding tert-OH is 1. The van der Waals surface area contributed by atoms with Crippen molar-refractivity contribution in [2.24, 2.45) is 0 Å². The zero-order chi connectivity index (χ0) is 12.2. The number of hydrogen-bond donors (Lipinski definition) is 2. The lowest BCUT2D eigenvalue weighted by Gasteiger charge is -2.24. The Balaban J connectivity index is 2.27. The largest absolute Gasteiger partial charge is 0.394 e. The number of carbonyl (C=O) groups is 2. The minimum atomic E-state index is -0.596. The quantitative estimate of drug-likeness (QED) is 0.738. The summed E-state index contributed by atoms with van der Waals surface area (Å²) in [5.41, 5.74) is -0.596. The van der Waals surface area contributed by atoms with E-state index < -0.39 is 5.54 Å². The molecule has 0 atom stereocenters. The van der Waals surface area contributed by atoms with Crippen molar-refractivity contribution in [3.63, 3.8) is 0 Å². The standard InChI is InChI=1S/C10H18N2O3S/c1-10(2,7-13)11-8(14)3-4-12-5-6-16-9(12)15/h13H,3-7H2,1-2H3,(H,11,14). The van der Waals surface area contributed by atoms with Crippen LogP contribution in [-0.4, -0.2) is 52.1 Å². The highest BCUT2D eigenvalue weighted by Gasteiger charge is 2.23. The molecule has 0 spiro atoms. The first-order chi connectivity index (χ1) is 7.44. The van der Waals surface area contributed by atoms with Gasteiger partial charge >= 0.3 is 0 Å². The summed E-state index contributed by atoms with van der Waals surface area (Å²) in [5, 5.41) is 11.7. The molecule has 6 heteroatoms. The van der Waals surface area contributed by atoms with Crippen LogP contribution in [0.25, 0.3) is 0 Å². The third-order valence-electron chi connectivity index (χ3n) is 2.33. The monoisotopic (exact) mass is 246 g/mol. The summed E-state index contributed by atoms with van der Waals surface area (Å²) < 4.78 is 0. The number of rotatable bonds is 5. The summed E-state index contributed by atoms with van der Waals surface area (Å²) in [7, 11) is 0. The minimum absolute atomic E-state index is 0.0502. The van der Waals surface area contributed by atoms with E-state index in [9.17, 15) is 9.59 Å². The van der Waals surface area contributed by atoms with Gasteiger partial charge in [-0.2, -0.15) is 0 Å². The van der Waals surface area contributed by atoms with Crippen molar-refractivity contribution in [2.45, 2.75) is 25.8 Å². The molecular formula is C10H18N2O3S. The summed E-state index contributed by atoms with van der Waals surface area (Å²) in [4.78, 5) is 24.4. The number of nitrogens with zero attached hydrogens (tertiary/aromatic N) is 1. The second-order valence-corrected chi connectivity index (χ2v) is 5.49. The minimum Gasteiger partial charge on any atom is -0.394 e. The molecule has 0 bridgehead atoms. The fraction of sp³-hybridized carbons (Fsp3) is 0.800. The Hall–Kier alpha value is -0.750. The van der Waals surface area contributed by atoms with Gasteiger partial charge < -0.3 is 15.3 Å². The maximum absolute atomic E-state index is 11.5. The van der Waals surface area contributed by atoms with Crippen LogP contribution < -0.4 is 5.32 Å². The number of aliphatic hydroxyl groups is 1.